The maximum atomic E-state index is 11.1. The second kappa shape index (κ2) is 6.32. The number of nitrogens with two attached hydrogens (primary N) is 2. The van der Waals surface area contributed by atoms with Gasteiger partial charge >= 0.3 is 6.03 Å². The van der Waals surface area contributed by atoms with Crippen LogP contribution in [-0.2, 0) is 0 Å². The van der Waals surface area contributed by atoms with Crippen LogP contribution in [0.4, 0.5) is 4.79 Å². The summed E-state index contributed by atoms with van der Waals surface area (Å²) in [7, 11) is 0. The van der Waals surface area contributed by atoms with E-state index in [0.29, 0.717) is 5.02 Å². The van der Waals surface area contributed by atoms with Gasteiger partial charge in [0.2, 0.25) is 0 Å². The standard InChI is InChI=1S/C10H11ClN2O.H4N2/c11-8-3-1-7(2-4-8)9-5-6-12-10(14)13-9;1-2/h1-4,9H,5-6H2,(H2,12,13,14);1-2H2/t9-;/m1./s1. The normalized spacial score (nSPS) is 18.9. The molecule has 1 atom stereocenters. The van der Waals surface area contributed by atoms with Gasteiger partial charge in [-0.15, -0.1) is 0 Å². The van der Waals surface area contributed by atoms with Crippen LogP contribution in [-0.4, -0.2) is 12.6 Å². The Balaban J connectivity index is 0.000000606. The molecule has 1 aromatic carbocycles. The van der Waals surface area contributed by atoms with Gasteiger partial charge in [0.05, 0.1) is 6.04 Å². The molecule has 0 aliphatic carbocycles. The van der Waals surface area contributed by atoms with Gasteiger partial charge in [-0.05, 0) is 24.1 Å². The number of hydrogen-bond acceptors (Lipinski definition) is 3. The summed E-state index contributed by atoms with van der Waals surface area (Å²) in [6, 6.07) is 7.57. The molecule has 0 bridgehead atoms. The zero-order valence-electron chi connectivity index (χ0n) is 8.74. The third-order valence-electron chi connectivity index (χ3n) is 2.30. The second-order valence-electron chi connectivity index (χ2n) is 3.29. The van der Waals surface area contributed by atoms with Crippen LogP contribution in [0, 0.1) is 0 Å². The smallest absolute Gasteiger partial charge is 0.315 e. The number of carbonyl (C=O) groups is 1. The van der Waals surface area contributed by atoms with Crippen LogP contribution in [0.2, 0.25) is 5.02 Å². The van der Waals surface area contributed by atoms with Gasteiger partial charge in [-0.25, -0.2) is 4.79 Å². The molecule has 0 radical (unpaired) electrons. The lowest BCUT2D eigenvalue weighted by molar-refractivity contribution is 0.229. The van der Waals surface area contributed by atoms with Crippen molar-refractivity contribution >= 4 is 17.6 Å². The number of halogens is 1. The quantitative estimate of drug-likeness (QED) is 0.436. The number of nitrogens with one attached hydrogen (secondary N) is 2. The topological polar surface area (TPSA) is 93.2 Å². The van der Waals surface area contributed by atoms with Crippen LogP contribution in [0.25, 0.3) is 0 Å². The monoisotopic (exact) mass is 242 g/mol. The third kappa shape index (κ3) is 3.37. The molecule has 1 heterocycles. The Labute approximate surface area is 99.1 Å². The van der Waals surface area contributed by atoms with Crippen LogP contribution in [0.5, 0.6) is 0 Å². The molecule has 88 valence electrons. The van der Waals surface area contributed by atoms with Crippen LogP contribution >= 0.6 is 11.6 Å². The first-order valence-electron chi connectivity index (χ1n) is 4.89. The van der Waals surface area contributed by atoms with E-state index in [1.165, 1.54) is 0 Å². The van der Waals surface area contributed by atoms with Gasteiger partial charge in [-0.1, -0.05) is 23.7 Å². The number of hydrogen-bond donors (Lipinski definition) is 4. The molecule has 5 nitrogen and oxygen atoms in total. The molecule has 0 saturated carbocycles. The van der Waals surface area contributed by atoms with Gasteiger partial charge in [-0.2, -0.15) is 0 Å². The molecule has 6 N–H and O–H groups in total. The first-order valence-corrected chi connectivity index (χ1v) is 5.26. The van der Waals surface area contributed by atoms with E-state index in [1.807, 2.05) is 24.3 Å². The minimum absolute atomic E-state index is 0.101. The van der Waals surface area contributed by atoms with E-state index >= 15 is 0 Å². The zero-order chi connectivity index (χ0) is 12.0. The maximum absolute atomic E-state index is 11.1. The van der Waals surface area contributed by atoms with Gasteiger partial charge in [0.1, 0.15) is 0 Å². The lowest BCUT2D eigenvalue weighted by Gasteiger charge is -2.24. The highest BCUT2D eigenvalue weighted by Crippen LogP contribution is 2.20. The Kier molecular flexibility index (Phi) is 5.04. The molecule has 1 aromatic rings. The number of urea groups is 1. The fraction of sp³-hybridized carbons (Fsp3) is 0.300. The molecular weight excluding hydrogens is 228 g/mol. The van der Waals surface area contributed by atoms with Gasteiger partial charge in [0.15, 0.2) is 0 Å². The van der Waals surface area contributed by atoms with E-state index < -0.39 is 0 Å². The number of hydrazine groups is 1. The molecule has 1 saturated heterocycles. The molecule has 6 heteroatoms. The molecule has 0 unspecified atom stereocenters. The van der Waals surface area contributed by atoms with Crippen LogP contribution in [0.15, 0.2) is 24.3 Å². The summed E-state index contributed by atoms with van der Waals surface area (Å²) >= 11 is 5.78. The predicted octanol–water partition coefficient (Wildman–Crippen LogP) is 0.903. The largest absolute Gasteiger partial charge is 0.338 e. The predicted molar refractivity (Wildman–Crippen MR) is 63.7 cm³/mol. The third-order valence-corrected chi connectivity index (χ3v) is 2.55. The molecule has 2 amide bonds. The van der Waals surface area contributed by atoms with Crippen LogP contribution in [0.3, 0.4) is 0 Å². The zero-order valence-corrected chi connectivity index (χ0v) is 9.50. The van der Waals surface area contributed by atoms with Crippen LogP contribution in [0.1, 0.15) is 18.0 Å². The Hall–Kier alpha value is -1.30. The number of amides is 2. The summed E-state index contributed by atoms with van der Waals surface area (Å²) in [5.74, 6) is 8.00. The molecule has 2 rings (SSSR count). The van der Waals surface area contributed by atoms with Crippen molar-refractivity contribution in [3.63, 3.8) is 0 Å². The number of carbonyl (C=O) groups excluding carboxylic acids is 1. The van der Waals surface area contributed by atoms with Crippen molar-refractivity contribution in [3.05, 3.63) is 34.9 Å². The van der Waals surface area contributed by atoms with E-state index in [1.54, 1.807) is 0 Å². The van der Waals surface area contributed by atoms with E-state index in [0.717, 1.165) is 18.5 Å². The van der Waals surface area contributed by atoms with Gasteiger partial charge in [0, 0.05) is 11.6 Å². The lowest BCUT2D eigenvalue weighted by atomic mass is 10.0. The van der Waals surface area contributed by atoms with Crippen molar-refractivity contribution in [1.29, 1.82) is 0 Å². The summed E-state index contributed by atoms with van der Waals surface area (Å²) in [4.78, 5) is 11.1. The van der Waals surface area contributed by atoms with Crippen molar-refractivity contribution in [3.8, 4) is 0 Å². The van der Waals surface area contributed by atoms with Crippen molar-refractivity contribution < 1.29 is 4.79 Å². The van der Waals surface area contributed by atoms with Crippen molar-refractivity contribution in [1.82, 2.24) is 10.6 Å². The molecule has 1 aliphatic heterocycles. The fourth-order valence-corrected chi connectivity index (χ4v) is 1.68. The summed E-state index contributed by atoms with van der Waals surface area (Å²) in [5, 5.41) is 6.29. The highest BCUT2D eigenvalue weighted by Gasteiger charge is 2.18. The molecule has 1 aliphatic rings. The Morgan fingerprint density at radius 1 is 1.25 bits per heavy atom. The summed E-state index contributed by atoms with van der Waals surface area (Å²) in [6.45, 7) is 0.721. The number of benzene rings is 1. The molecule has 16 heavy (non-hydrogen) atoms. The van der Waals surface area contributed by atoms with Gasteiger partial charge in [-0.3, -0.25) is 11.7 Å². The second-order valence-corrected chi connectivity index (χ2v) is 3.73. The number of rotatable bonds is 1. The molecule has 0 spiro atoms. The van der Waals surface area contributed by atoms with E-state index in [2.05, 4.69) is 22.3 Å². The average Bonchev–Trinajstić information content (AvgIpc) is 2.32. The van der Waals surface area contributed by atoms with Crippen molar-refractivity contribution in [2.24, 2.45) is 11.7 Å². The summed E-state index contributed by atoms with van der Waals surface area (Å²) in [5.41, 5.74) is 1.10. The van der Waals surface area contributed by atoms with Crippen molar-refractivity contribution in [2.45, 2.75) is 12.5 Å². The SMILES string of the molecule is NN.O=C1NCC[C@H](c2ccc(Cl)cc2)N1. The first-order chi connectivity index (χ1) is 7.75. The molecule has 1 fully saturated rings. The minimum atomic E-state index is -0.101. The van der Waals surface area contributed by atoms with Gasteiger partial charge < -0.3 is 10.6 Å². The van der Waals surface area contributed by atoms with E-state index in [9.17, 15) is 4.79 Å². The minimum Gasteiger partial charge on any atom is -0.338 e. The molecular formula is C10H15ClN4O. The summed E-state index contributed by atoms with van der Waals surface area (Å²) in [6.07, 6.45) is 0.910. The fourth-order valence-electron chi connectivity index (χ4n) is 1.56. The van der Waals surface area contributed by atoms with E-state index in [-0.39, 0.29) is 12.1 Å². The van der Waals surface area contributed by atoms with Crippen LogP contribution < -0.4 is 22.3 Å². The lowest BCUT2D eigenvalue weighted by Crippen LogP contribution is -2.44. The average molecular weight is 243 g/mol. The van der Waals surface area contributed by atoms with Gasteiger partial charge in [0.25, 0.3) is 0 Å². The Morgan fingerprint density at radius 3 is 2.44 bits per heavy atom. The van der Waals surface area contributed by atoms with E-state index in [4.69, 9.17) is 11.6 Å². The highest BCUT2D eigenvalue weighted by molar-refractivity contribution is 6.30. The first kappa shape index (κ1) is 12.8. The maximum Gasteiger partial charge on any atom is 0.315 e. The highest BCUT2D eigenvalue weighted by atomic mass is 35.5. The summed E-state index contributed by atoms with van der Waals surface area (Å²) < 4.78 is 0. The Morgan fingerprint density at radius 2 is 1.88 bits per heavy atom. The van der Waals surface area contributed by atoms with Crippen molar-refractivity contribution in [2.75, 3.05) is 6.54 Å². The Bertz CT molecular complexity index is 341. The molecule has 0 aromatic heterocycles.